The second kappa shape index (κ2) is 10.9. The summed E-state index contributed by atoms with van der Waals surface area (Å²) in [6, 6.07) is 19.3. The minimum absolute atomic E-state index is 0.125. The van der Waals surface area contributed by atoms with E-state index >= 15 is 0 Å². The number of benzene rings is 3. The second-order valence-electron chi connectivity index (χ2n) is 7.89. The van der Waals surface area contributed by atoms with Crippen molar-refractivity contribution in [2.24, 2.45) is 0 Å². The highest BCUT2D eigenvalue weighted by Crippen LogP contribution is 2.25. The molecule has 0 fully saturated rings. The van der Waals surface area contributed by atoms with Crippen molar-refractivity contribution in [1.82, 2.24) is 5.32 Å². The summed E-state index contributed by atoms with van der Waals surface area (Å²) in [4.78, 5) is 13.0. The number of carbonyl (C=O) groups is 1. The third-order valence-corrected chi connectivity index (χ3v) is 7.59. The molecule has 1 amide bonds. The van der Waals surface area contributed by atoms with Crippen LogP contribution in [0.25, 0.3) is 0 Å². The van der Waals surface area contributed by atoms with E-state index in [1.165, 1.54) is 5.56 Å². The third kappa shape index (κ3) is 6.15. The van der Waals surface area contributed by atoms with Crippen LogP contribution in [0.4, 0.5) is 5.69 Å². The van der Waals surface area contributed by atoms with Crippen LogP contribution in [0.1, 0.15) is 36.1 Å². The number of halogens is 1. The Morgan fingerprint density at radius 3 is 2.18 bits per heavy atom. The lowest BCUT2D eigenvalue weighted by Gasteiger charge is -2.24. The highest BCUT2D eigenvalue weighted by atomic mass is 35.5. The van der Waals surface area contributed by atoms with E-state index < -0.39 is 10.0 Å². The van der Waals surface area contributed by atoms with E-state index in [0.717, 1.165) is 33.8 Å². The Morgan fingerprint density at radius 2 is 1.58 bits per heavy atom. The summed E-state index contributed by atoms with van der Waals surface area (Å²) in [5.74, 6) is -0.385. The molecule has 0 saturated carbocycles. The van der Waals surface area contributed by atoms with Crippen LogP contribution >= 0.6 is 11.6 Å². The van der Waals surface area contributed by atoms with Crippen LogP contribution < -0.4 is 9.62 Å². The molecule has 5 nitrogen and oxygen atoms in total. The topological polar surface area (TPSA) is 66.5 Å². The molecule has 0 atom stereocenters. The van der Waals surface area contributed by atoms with Gasteiger partial charge >= 0.3 is 0 Å². The van der Waals surface area contributed by atoms with Crippen molar-refractivity contribution in [3.8, 4) is 0 Å². The van der Waals surface area contributed by atoms with E-state index in [4.69, 9.17) is 11.6 Å². The van der Waals surface area contributed by atoms with Gasteiger partial charge in [0.05, 0.1) is 10.6 Å². The fraction of sp³-hybridized carbons (Fsp3) is 0.269. The summed E-state index contributed by atoms with van der Waals surface area (Å²) in [6.07, 6.45) is 1.76. The fourth-order valence-electron chi connectivity index (χ4n) is 3.55. The number of hydrogen-bond acceptors (Lipinski definition) is 3. The number of amides is 1. The highest BCUT2D eigenvalue weighted by Gasteiger charge is 2.27. The summed E-state index contributed by atoms with van der Waals surface area (Å²) in [6.45, 7) is 6.05. The van der Waals surface area contributed by atoms with Gasteiger partial charge in [0.1, 0.15) is 6.54 Å². The summed E-state index contributed by atoms with van der Waals surface area (Å²) in [5, 5.41) is 3.38. The fourth-order valence-corrected chi connectivity index (χ4v) is 5.10. The SMILES string of the molecule is CCc1ccc(CC)c(CNC(=O)CN(c2ccc(Cl)cc2)S(=O)(=O)c2ccc(C)cc2)c1. The van der Waals surface area contributed by atoms with E-state index in [1.807, 2.05) is 6.92 Å². The van der Waals surface area contributed by atoms with Gasteiger partial charge in [0.25, 0.3) is 10.0 Å². The molecule has 0 aliphatic rings. The van der Waals surface area contributed by atoms with Gasteiger partial charge in [-0.15, -0.1) is 0 Å². The number of anilines is 1. The molecular formula is C26H29ClN2O3S. The molecule has 3 aromatic rings. The molecule has 0 saturated heterocycles. The first-order chi connectivity index (χ1) is 15.7. The number of nitrogens with zero attached hydrogens (tertiary/aromatic N) is 1. The second-order valence-corrected chi connectivity index (χ2v) is 10.2. The average Bonchev–Trinajstić information content (AvgIpc) is 2.81. The lowest BCUT2D eigenvalue weighted by atomic mass is 10.0. The molecule has 0 radical (unpaired) electrons. The van der Waals surface area contributed by atoms with Crippen LogP contribution in [0.5, 0.6) is 0 Å². The van der Waals surface area contributed by atoms with Crippen LogP contribution in [0.2, 0.25) is 5.02 Å². The van der Waals surface area contributed by atoms with E-state index in [2.05, 4.69) is 37.4 Å². The maximum atomic E-state index is 13.4. The van der Waals surface area contributed by atoms with Gasteiger partial charge in [-0.2, -0.15) is 0 Å². The molecular weight excluding hydrogens is 456 g/mol. The van der Waals surface area contributed by atoms with Gasteiger partial charge in [-0.05, 0) is 72.9 Å². The molecule has 0 bridgehead atoms. The Hall–Kier alpha value is -2.83. The van der Waals surface area contributed by atoms with Gasteiger partial charge in [-0.25, -0.2) is 8.42 Å². The van der Waals surface area contributed by atoms with E-state index in [1.54, 1.807) is 48.5 Å². The Balaban J connectivity index is 1.85. The standard InChI is InChI=1S/C26H29ClN2O3S/c1-4-20-8-9-21(5-2)22(16-20)17-28-26(30)18-29(24-12-10-23(27)11-13-24)33(31,32)25-14-6-19(3)7-15-25/h6-16H,4-5,17-18H2,1-3H3,(H,28,30). The molecule has 3 aromatic carbocycles. The molecule has 0 aliphatic heterocycles. The number of hydrogen-bond donors (Lipinski definition) is 1. The molecule has 0 aliphatic carbocycles. The van der Waals surface area contributed by atoms with Crippen molar-refractivity contribution in [1.29, 1.82) is 0 Å². The van der Waals surface area contributed by atoms with Crippen molar-refractivity contribution >= 4 is 33.2 Å². The monoisotopic (exact) mass is 484 g/mol. The first kappa shape index (κ1) is 24.8. The number of sulfonamides is 1. The Bertz CT molecular complexity index is 1210. The minimum atomic E-state index is -3.96. The van der Waals surface area contributed by atoms with Gasteiger partial charge in [0, 0.05) is 11.6 Å². The van der Waals surface area contributed by atoms with Gasteiger partial charge in [0.15, 0.2) is 0 Å². The predicted molar refractivity (Wildman–Crippen MR) is 134 cm³/mol. The summed E-state index contributed by atoms with van der Waals surface area (Å²) < 4.78 is 28.0. The first-order valence-corrected chi connectivity index (χ1v) is 12.8. The smallest absolute Gasteiger partial charge is 0.264 e. The maximum Gasteiger partial charge on any atom is 0.264 e. The zero-order valence-corrected chi connectivity index (χ0v) is 20.7. The number of carbonyl (C=O) groups excluding carboxylic acids is 1. The van der Waals surface area contributed by atoms with Crippen LogP contribution in [0.3, 0.4) is 0 Å². The molecule has 174 valence electrons. The lowest BCUT2D eigenvalue weighted by molar-refractivity contribution is -0.119. The normalized spacial score (nSPS) is 11.3. The van der Waals surface area contributed by atoms with Crippen LogP contribution in [-0.2, 0) is 34.2 Å². The van der Waals surface area contributed by atoms with Gasteiger partial charge in [0.2, 0.25) is 5.91 Å². The quantitative estimate of drug-likeness (QED) is 0.449. The first-order valence-electron chi connectivity index (χ1n) is 11.0. The summed E-state index contributed by atoms with van der Waals surface area (Å²) >= 11 is 5.99. The zero-order chi connectivity index (χ0) is 24.0. The molecule has 33 heavy (non-hydrogen) atoms. The lowest BCUT2D eigenvalue weighted by Crippen LogP contribution is -2.40. The van der Waals surface area contributed by atoms with Crippen molar-refractivity contribution in [2.75, 3.05) is 10.8 Å². The molecule has 3 rings (SSSR count). The van der Waals surface area contributed by atoms with Gasteiger partial charge < -0.3 is 5.32 Å². The van der Waals surface area contributed by atoms with E-state index in [9.17, 15) is 13.2 Å². The van der Waals surface area contributed by atoms with Crippen LogP contribution in [-0.4, -0.2) is 20.9 Å². The molecule has 0 spiro atoms. The van der Waals surface area contributed by atoms with E-state index in [-0.39, 0.29) is 17.3 Å². The van der Waals surface area contributed by atoms with E-state index in [0.29, 0.717) is 17.3 Å². The Morgan fingerprint density at radius 1 is 0.909 bits per heavy atom. The predicted octanol–water partition coefficient (Wildman–Crippen LogP) is 5.28. The maximum absolute atomic E-state index is 13.4. The minimum Gasteiger partial charge on any atom is -0.350 e. The van der Waals surface area contributed by atoms with Crippen molar-refractivity contribution < 1.29 is 13.2 Å². The molecule has 0 unspecified atom stereocenters. The number of aryl methyl sites for hydroxylation is 3. The van der Waals surface area contributed by atoms with Gasteiger partial charge in [-0.3, -0.25) is 9.10 Å². The Kier molecular flexibility index (Phi) is 8.16. The average molecular weight is 485 g/mol. The van der Waals surface area contributed by atoms with Crippen LogP contribution in [0.15, 0.2) is 71.6 Å². The zero-order valence-electron chi connectivity index (χ0n) is 19.1. The summed E-state index contributed by atoms with van der Waals surface area (Å²) in [7, 11) is -3.96. The van der Waals surface area contributed by atoms with Crippen molar-refractivity contribution in [3.63, 3.8) is 0 Å². The van der Waals surface area contributed by atoms with Gasteiger partial charge in [-0.1, -0.05) is 61.3 Å². The highest BCUT2D eigenvalue weighted by molar-refractivity contribution is 7.92. The van der Waals surface area contributed by atoms with Crippen molar-refractivity contribution in [3.05, 3.63) is 94.0 Å². The number of nitrogens with one attached hydrogen (secondary N) is 1. The number of rotatable bonds is 9. The molecule has 0 heterocycles. The largest absolute Gasteiger partial charge is 0.350 e. The third-order valence-electron chi connectivity index (χ3n) is 5.55. The summed E-state index contributed by atoms with van der Waals surface area (Å²) in [5.41, 5.74) is 4.73. The van der Waals surface area contributed by atoms with Crippen LogP contribution in [0, 0.1) is 6.92 Å². The van der Waals surface area contributed by atoms with Crippen molar-refractivity contribution in [2.45, 2.75) is 45.1 Å². The molecule has 7 heteroatoms. The molecule has 0 aromatic heterocycles. The molecule has 1 N–H and O–H groups in total. The Labute approximate surface area is 201 Å².